The number of ether oxygens (including phenoxy) is 1. The van der Waals surface area contributed by atoms with Crippen LogP contribution in [0.5, 0.6) is 0 Å². The topological polar surface area (TPSA) is 38.3 Å². The largest absolute Gasteiger partial charge is 0.469 e. The van der Waals surface area contributed by atoms with E-state index in [0.29, 0.717) is 12.5 Å². The van der Waals surface area contributed by atoms with Gasteiger partial charge in [-0.15, -0.1) is 0 Å². The van der Waals surface area contributed by atoms with Crippen molar-refractivity contribution in [1.29, 1.82) is 0 Å². The van der Waals surface area contributed by atoms with Crippen molar-refractivity contribution < 1.29 is 9.53 Å². The predicted octanol–water partition coefficient (Wildman–Crippen LogP) is 0.936. The number of carbonyl (C=O) groups excluding carboxylic acids is 1. The third kappa shape index (κ3) is 5.85. The second-order valence-electron chi connectivity index (χ2n) is 3.00. The summed E-state index contributed by atoms with van der Waals surface area (Å²) in [6.45, 7) is 6.07. The highest BCUT2D eigenvalue weighted by molar-refractivity contribution is 5.69. The minimum atomic E-state index is -0.161. The maximum Gasteiger partial charge on any atom is 0.307 e. The Bertz CT molecular complexity index is 123. The SMILES string of the molecule is COC(=O)C[C@H](C)NC(C)C. The smallest absolute Gasteiger partial charge is 0.307 e. The average molecular weight is 159 g/mol. The Hall–Kier alpha value is -0.570. The van der Waals surface area contributed by atoms with Gasteiger partial charge in [0, 0.05) is 12.1 Å². The summed E-state index contributed by atoms with van der Waals surface area (Å²) < 4.78 is 4.52. The number of hydrogen-bond donors (Lipinski definition) is 1. The van der Waals surface area contributed by atoms with Crippen LogP contribution in [-0.4, -0.2) is 25.2 Å². The summed E-state index contributed by atoms with van der Waals surface area (Å²) in [5, 5.41) is 3.21. The summed E-state index contributed by atoms with van der Waals surface area (Å²) >= 11 is 0. The fourth-order valence-electron chi connectivity index (χ4n) is 0.961. The third-order valence-corrected chi connectivity index (χ3v) is 1.32. The van der Waals surface area contributed by atoms with Crippen LogP contribution in [0.4, 0.5) is 0 Å². The lowest BCUT2D eigenvalue weighted by molar-refractivity contribution is -0.141. The van der Waals surface area contributed by atoms with Gasteiger partial charge in [-0.05, 0) is 6.92 Å². The Morgan fingerprint density at radius 3 is 2.36 bits per heavy atom. The molecule has 0 saturated carbocycles. The lowest BCUT2D eigenvalue weighted by Crippen LogP contribution is -2.34. The molecule has 0 fully saturated rings. The molecule has 1 atom stereocenters. The molecule has 0 aliphatic rings. The van der Waals surface area contributed by atoms with Gasteiger partial charge in [0.05, 0.1) is 13.5 Å². The molecule has 0 bridgehead atoms. The standard InChI is InChI=1S/C8H17NO2/c1-6(2)9-7(3)5-8(10)11-4/h6-7,9H,5H2,1-4H3/t7-/m0/s1. The first-order chi connectivity index (χ1) is 5.06. The second kappa shape index (κ2) is 5.13. The molecule has 0 aromatic heterocycles. The van der Waals surface area contributed by atoms with E-state index < -0.39 is 0 Å². The van der Waals surface area contributed by atoms with Crippen molar-refractivity contribution in [3.8, 4) is 0 Å². The Balaban J connectivity index is 3.51. The molecule has 0 aliphatic heterocycles. The maximum absolute atomic E-state index is 10.7. The highest BCUT2D eigenvalue weighted by atomic mass is 16.5. The summed E-state index contributed by atoms with van der Waals surface area (Å²) in [4.78, 5) is 10.7. The van der Waals surface area contributed by atoms with Gasteiger partial charge in [0.2, 0.25) is 0 Å². The fourth-order valence-corrected chi connectivity index (χ4v) is 0.961. The predicted molar refractivity (Wildman–Crippen MR) is 44.4 cm³/mol. The minimum Gasteiger partial charge on any atom is -0.469 e. The molecule has 0 rings (SSSR count). The van der Waals surface area contributed by atoms with Gasteiger partial charge in [0.25, 0.3) is 0 Å². The molecule has 1 N–H and O–H groups in total. The van der Waals surface area contributed by atoms with Crippen molar-refractivity contribution in [2.45, 2.75) is 39.3 Å². The molecule has 0 radical (unpaired) electrons. The quantitative estimate of drug-likeness (QED) is 0.620. The van der Waals surface area contributed by atoms with E-state index in [1.54, 1.807) is 0 Å². The summed E-state index contributed by atoms with van der Waals surface area (Å²) in [5.41, 5.74) is 0. The van der Waals surface area contributed by atoms with E-state index >= 15 is 0 Å². The van der Waals surface area contributed by atoms with Crippen LogP contribution in [0.2, 0.25) is 0 Å². The van der Waals surface area contributed by atoms with Crippen LogP contribution in [0.1, 0.15) is 27.2 Å². The Morgan fingerprint density at radius 1 is 1.45 bits per heavy atom. The van der Waals surface area contributed by atoms with E-state index in [4.69, 9.17) is 0 Å². The van der Waals surface area contributed by atoms with Crippen LogP contribution < -0.4 is 5.32 Å². The van der Waals surface area contributed by atoms with Crippen molar-refractivity contribution in [2.75, 3.05) is 7.11 Å². The summed E-state index contributed by atoms with van der Waals surface area (Å²) in [6, 6.07) is 0.608. The summed E-state index contributed by atoms with van der Waals surface area (Å²) in [7, 11) is 1.41. The molecule has 0 heterocycles. The monoisotopic (exact) mass is 159 g/mol. The van der Waals surface area contributed by atoms with E-state index in [-0.39, 0.29) is 12.0 Å². The van der Waals surface area contributed by atoms with Gasteiger partial charge in [0.15, 0.2) is 0 Å². The number of rotatable bonds is 4. The molecular formula is C8H17NO2. The number of esters is 1. The van der Waals surface area contributed by atoms with Crippen LogP contribution in [0.15, 0.2) is 0 Å². The van der Waals surface area contributed by atoms with Crippen LogP contribution >= 0.6 is 0 Å². The number of carbonyl (C=O) groups is 1. The fraction of sp³-hybridized carbons (Fsp3) is 0.875. The Morgan fingerprint density at radius 2 is 2.00 bits per heavy atom. The van der Waals surface area contributed by atoms with Crippen LogP contribution in [0.25, 0.3) is 0 Å². The molecule has 0 spiro atoms. The third-order valence-electron chi connectivity index (χ3n) is 1.32. The zero-order chi connectivity index (χ0) is 8.85. The first-order valence-electron chi connectivity index (χ1n) is 3.89. The molecule has 0 amide bonds. The Kier molecular flexibility index (Phi) is 4.86. The van der Waals surface area contributed by atoms with Crippen LogP contribution in [0.3, 0.4) is 0 Å². The molecule has 0 aromatic carbocycles. The number of hydrogen-bond acceptors (Lipinski definition) is 3. The zero-order valence-electron chi connectivity index (χ0n) is 7.68. The van der Waals surface area contributed by atoms with Gasteiger partial charge in [-0.1, -0.05) is 13.8 Å². The van der Waals surface area contributed by atoms with Crippen molar-refractivity contribution >= 4 is 5.97 Å². The highest BCUT2D eigenvalue weighted by Gasteiger charge is 2.08. The van der Waals surface area contributed by atoms with Gasteiger partial charge < -0.3 is 10.1 Å². The van der Waals surface area contributed by atoms with Crippen molar-refractivity contribution in [1.82, 2.24) is 5.32 Å². The number of methoxy groups -OCH3 is 1. The molecular weight excluding hydrogens is 142 g/mol. The van der Waals surface area contributed by atoms with Crippen LogP contribution in [0, 0.1) is 0 Å². The maximum atomic E-state index is 10.7. The highest BCUT2D eigenvalue weighted by Crippen LogP contribution is 1.94. The molecule has 0 unspecified atom stereocenters. The minimum absolute atomic E-state index is 0.161. The van der Waals surface area contributed by atoms with E-state index in [1.165, 1.54) is 7.11 Å². The first kappa shape index (κ1) is 10.4. The van der Waals surface area contributed by atoms with Gasteiger partial charge in [-0.25, -0.2) is 0 Å². The van der Waals surface area contributed by atoms with E-state index in [1.807, 2.05) is 20.8 Å². The van der Waals surface area contributed by atoms with Gasteiger partial charge in [-0.2, -0.15) is 0 Å². The molecule has 3 heteroatoms. The molecule has 0 aliphatic carbocycles. The molecule has 66 valence electrons. The molecule has 3 nitrogen and oxygen atoms in total. The summed E-state index contributed by atoms with van der Waals surface area (Å²) in [6.07, 6.45) is 0.439. The lowest BCUT2D eigenvalue weighted by atomic mass is 10.2. The second-order valence-corrected chi connectivity index (χ2v) is 3.00. The zero-order valence-corrected chi connectivity index (χ0v) is 7.68. The lowest BCUT2D eigenvalue weighted by Gasteiger charge is -2.14. The van der Waals surface area contributed by atoms with Gasteiger partial charge >= 0.3 is 5.97 Å². The van der Waals surface area contributed by atoms with E-state index in [2.05, 4.69) is 10.1 Å². The molecule has 0 aromatic rings. The first-order valence-corrected chi connectivity index (χ1v) is 3.89. The molecule has 0 saturated heterocycles. The average Bonchev–Trinajstić information content (AvgIpc) is 1.85. The van der Waals surface area contributed by atoms with Crippen molar-refractivity contribution in [3.63, 3.8) is 0 Å². The van der Waals surface area contributed by atoms with Gasteiger partial charge in [-0.3, -0.25) is 4.79 Å². The van der Waals surface area contributed by atoms with E-state index in [0.717, 1.165) is 0 Å². The summed E-state index contributed by atoms with van der Waals surface area (Å²) in [5.74, 6) is -0.161. The van der Waals surface area contributed by atoms with Crippen LogP contribution in [-0.2, 0) is 9.53 Å². The molecule has 11 heavy (non-hydrogen) atoms. The normalized spacial score (nSPS) is 13.2. The van der Waals surface area contributed by atoms with E-state index in [9.17, 15) is 4.79 Å². The Labute approximate surface area is 68.1 Å². The van der Waals surface area contributed by atoms with Crippen molar-refractivity contribution in [3.05, 3.63) is 0 Å². The number of nitrogens with one attached hydrogen (secondary N) is 1. The van der Waals surface area contributed by atoms with Crippen molar-refractivity contribution in [2.24, 2.45) is 0 Å². The van der Waals surface area contributed by atoms with Gasteiger partial charge in [0.1, 0.15) is 0 Å².